The standard InChI is InChI=1S/C22H21FN4O/c1-14(28)20-10-18(23)6-7-19(20)22-16(3-2-8-25-22)9-17-13-27(12-15-4-5-15)26-21(17)11-24/h2-3,6-8,10,13-15,28H,4-5,9,12H2,1H3/t14-/m1/s1. The molecule has 5 nitrogen and oxygen atoms in total. The normalized spacial score (nSPS) is 14.6. The van der Waals surface area contributed by atoms with Gasteiger partial charge in [0.1, 0.15) is 11.9 Å². The molecule has 0 saturated heterocycles. The predicted octanol–water partition coefficient (Wildman–Crippen LogP) is 4.01. The van der Waals surface area contributed by atoms with Gasteiger partial charge in [0.2, 0.25) is 0 Å². The highest BCUT2D eigenvalue weighted by Gasteiger charge is 2.23. The van der Waals surface area contributed by atoms with Gasteiger partial charge in [0.05, 0.1) is 11.8 Å². The lowest BCUT2D eigenvalue weighted by Crippen LogP contribution is -2.01. The molecule has 1 saturated carbocycles. The van der Waals surface area contributed by atoms with E-state index in [9.17, 15) is 14.8 Å². The van der Waals surface area contributed by atoms with E-state index in [1.54, 1.807) is 19.2 Å². The number of nitrogens with zero attached hydrogens (tertiary/aromatic N) is 4. The molecule has 142 valence electrons. The Morgan fingerprint density at radius 3 is 2.86 bits per heavy atom. The number of aliphatic hydroxyl groups excluding tert-OH is 1. The van der Waals surface area contributed by atoms with Gasteiger partial charge < -0.3 is 5.11 Å². The van der Waals surface area contributed by atoms with Crippen molar-refractivity contribution in [1.82, 2.24) is 14.8 Å². The molecule has 1 aliphatic carbocycles. The molecule has 1 N–H and O–H groups in total. The maximum Gasteiger partial charge on any atom is 0.165 e. The molecule has 3 aromatic rings. The zero-order valence-electron chi connectivity index (χ0n) is 15.6. The van der Waals surface area contributed by atoms with E-state index in [1.807, 2.05) is 23.0 Å². The molecule has 1 aliphatic rings. The summed E-state index contributed by atoms with van der Waals surface area (Å²) < 4.78 is 15.6. The highest BCUT2D eigenvalue weighted by molar-refractivity contribution is 5.68. The van der Waals surface area contributed by atoms with Crippen LogP contribution in [-0.4, -0.2) is 19.9 Å². The highest BCUT2D eigenvalue weighted by Crippen LogP contribution is 2.32. The SMILES string of the molecule is C[C@@H](O)c1cc(F)ccc1-c1ncccc1Cc1cn(CC2CC2)nc1C#N. The summed E-state index contributed by atoms with van der Waals surface area (Å²) in [5, 5.41) is 24.0. The summed E-state index contributed by atoms with van der Waals surface area (Å²) in [5.74, 6) is 0.270. The third-order valence-electron chi connectivity index (χ3n) is 5.08. The van der Waals surface area contributed by atoms with Gasteiger partial charge in [0, 0.05) is 36.5 Å². The maximum absolute atomic E-state index is 13.7. The number of hydrogen-bond donors (Lipinski definition) is 1. The summed E-state index contributed by atoms with van der Waals surface area (Å²) in [5.41, 5.74) is 4.03. The summed E-state index contributed by atoms with van der Waals surface area (Å²) >= 11 is 0. The largest absolute Gasteiger partial charge is 0.389 e. The minimum Gasteiger partial charge on any atom is -0.389 e. The Labute approximate surface area is 163 Å². The number of rotatable bonds is 6. The number of aromatic nitrogens is 3. The lowest BCUT2D eigenvalue weighted by molar-refractivity contribution is 0.199. The van der Waals surface area contributed by atoms with Crippen molar-refractivity contribution in [2.45, 2.75) is 38.8 Å². The van der Waals surface area contributed by atoms with E-state index in [4.69, 9.17) is 0 Å². The van der Waals surface area contributed by atoms with E-state index in [0.717, 1.165) is 17.7 Å². The zero-order valence-corrected chi connectivity index (χ0v) is 15.6. The topological polar surface area (TPSA) is 74.7 Å². The molecular weight excluding hydrogens is 355 g/mol. The number of aliphatic hydroxyl groups is 1. The molecular formula is C22H21FN4O. The van der Waals surface area contributed by atoms with Gasteiger partial charge in [0.25, 0.3) is 0 Å². The van der Waals surface area contributed by atoms with Gasteiger partial charge >= 0.3 is 0 Å². The molecule has 2 heterocycles. The minimum atomic E-state index is -0.823. The van der Waals surface area contributed by atoms with Gasteiger partial charge in [-0.3, -0.25) is 9.67 Å². The molecule has 0 radical (unpaired) electrons. The monoisotopic (exact) mass is 376 g/mol. The van der Waals surface area contributed by atoms with Crippen molar-refractivity contribution in [3.63, 3.8) is 0 Å². The first-order valence-electron chi connectivity index (χ1n) is 9.43. The van der Waals surface area contributed by atoms with Crippen LogP contribution in [0.15, 0.2) is 42.7 Å². The Morgan fingerprint density at radius 2 is 2.14 bits per heavy atom. The van der Waals surface area contributed by atoms with Crippen LogP contribution in [0.2, 0.25) is 0 Å². The lowest BCUT2D eigenvalue weighted by atomic mass is 9.94. The van der Waals surface area contributed by atoms with Gasteiger partial charge in [-0.25, -0.2) is 4.39 Å². The second-order valence-electron chi connectivity index (χ2n) is 7.38. The Kier molecular flexibility index (Phi) is 4.93. The number of hydrogen-bond acceptors (Lipinski definition) is 4. The van der Waals surface area contributed by atoms with Crippen LogP contribution in [-0.2, 0) is 13.0 Å². The van der Waals surface area contributed by atoms with E-state index in [2.05, 4.69) is 16.2 Å². The molecule has 1 atom stereocenters. The molecule has 6 heteroatoms. The van der Waals surface area contributed by atoms with E-state index < -0.39 is 11.9 Å². The molecule has 28 heavy (non-hydrogen) atoms. The van der Waals surface area contributed by atoms with Gasteiger partial charge in [-0.05, 0) is 61.1 Å². The average molecular weight is 376 g/mol. The van der Waals surface area contributed by atoms with Crippen LogP contribution in [0.3, 0.4) is 0 Å². The van der Waals surface area contributed by atoms with Gasteiger partial charge in [0.15, 0.2) is 5.69 Å². The first-order valence-corrected chi connectivity index (χ1v) is 9.43. The van der Waals surface area contributed by atoms with Crippen molar-refractivity contribution in [3.8, 4) is 17.3 Å². The molecule has 4 rings (SSSR count). The summed E-state index contributed by atoms with van der Waals surface area (Å²) in [6.45, 7) is 2.45. The van der Waals surface area contributed by atoms with Crippen LogP contribution in [0.4, 0.5) is 4.39 Å². The van der Waals surface area contributed by atoms with Crippen molar-refractivity contribution in [1.29, 1.82) is 5.26 Å². The van der Waals surface area contributed by atoms with E-state index in [-0.39, 0.29) is 0 Å². The van der Waals surface area contributed by atoms with Gasteiger partial charge in [-0.15, -0.1) is 0 Å². The first kappa shape index (κ1) is 18.3. The summed E-state index contributed by atoms with van der Waals surface area (Å²) in [4.78, 5) is 4.49. The Hall–Kier alpha value is -3.04. The van der Waals surface area contributed by atoms with Crippen molar-refractivity contribution in [2.75, 3.05) is 0 Å². The number of nitriles is 1. The fourth-order valence-electron chi connectivity index (χ4n) is 3.47. The molecule has 1 aromatic carbocycles. The summed E-state index contributed by atoms with van der Waals surface area (Å²) in [6, 6.07) is 10.3. The smallest absolute Gasteiger partial charge is 0.165 e. The van der Waals surface area contributed by atoms with Gasteiger partial charge in [-0.2, -0.15) is 10.4 Å². The molecule has 0 bridgehead atoms. The summed E-state index contributed by atoms with van der Waals surface area (Å²) in [7, 11) is 0. The molecule has 0 aliphatic heterocycles. The van der Waals surface area contributed by atoms with Crippen molar-refractivity contribution in [3.05, 3.63) is 70.9 Å². The second-order valence-corrected chi connectivity index (χ2v) is 7.38. The fraction of sp³-hybridized carbons (Fsp3) is 0.318. The van der Waals surface area contributed by atoms with Crippen LogP contribution in [0.5, 0.6) is 0 Å². The molecule has 0 spiro atoms. The molecule has 0 unspecified atom stereocenters. The van der Waals surface area contributed by atoms with Crippen molar-refractivity contribution in [2.24, 2.45) is 5.92 Å². The Bertz CT molecular complexity index is 1050. The van der Waals surface area contributed by atoms with Crippen LogP contribution >= 0.6 is 0 Å². The molecule has 0 amide bonds. The van der Waals surface area contributed by atoms with Crippen LogP contribution in [0.25, 0.3) is 11.3 Å². The van der Waals surface area contributed by atoms with Crippen LogP contribution in [0.1, 0.15) is 48.3 Å². The predicted molar refractivity (Wildman–Crippen MR) is 103 cm³/mol. The number of benzene rings is 1. The van der Waals surface area contributed by atoms with Gasteiger partial charge in [-0.1, -0.05) is 6.07 Å². The quantitative estimate of drug-likeness (QED) is 0.705. The number of halogens is 1. The Morgan fingerprint density at radius 1 is 1.32 bits per heavy atom. The lowest BCUT2D eigenvalue weighted by Gasteiger charge is -2.14. The third kappa shape index (κ3) is 3.80. The third-order valence-corrected chi connectivity index (χ3v) is 5.08. The van der Waals surface area contributed by atoms with Crippen LogP contribution < -0.4 is 0 Å². The summed E-state index contributed by atoms with van der Waals surface area (Å²) in [6.07, 6.45) is 5.72. The fourth-order valence-corrected chi connectivity index (χ4v) is 3.47. The van der Waals surface area contributed by atoms with Crippen LogP contribution in [0, 0.1) is 23.1 Å². The molecule has 1 fully saturated rings. The first-order chi connectivity index (χ1) is 13.5. The highest BCUT2D eigenvalue weighted by atomic mass is 19.1. The molecule has 2 aromatic heterocycles. The van der Waals surface area contributed by atoms with E-state index in [1.165, 1.54) is 25.0 Å². The number of pyridine rings is 1. The minimum absolute atomic E-state index is 0.398. The average Bonchev–Trinajstić information content (AvgIpc) is 3.41. The van der Waals surface area contributed by atoms with Crippen molar-refractivity contribution < 1.29 is 9.50 Å². The maximum atomic E-state index is 13.7. The zero-order chi connectivity index (χ0) is 19.7. The Balaban J connectivity index is 1.72. The van der Waals surface area contributed by atoms with Crippen molar-refractivity contribution >= 4 is 0 Å². The second kappa shape index (κ2) is 7.53. The van der Waals surface area contributed by atoms with E-state index in [0.29, 0.717) is 34.9 Å². The van der Waals surface area contributed by atoms with E-state index >= 15 is 0 Å².